The highest BCUT2D eigenvalue weighted by molar-refractivity contribution is 8.47. The zero-order valence-electron chi connectivity index (χ0n) is 9.22. The third kappa shape index (κ3) is 4.11. The summed E-state index contributed by atoms with van der Waals surface area (Å²) in [5.74, 6) is 0. The Bertz CT molecular complexity index is 328. The molecule has 1 aliphatic carbocycles. The van der Waals surface area contributed by atoms with Gasteiger partial charge < -0.3 is 0 Å². The SMILES string of the molecule is S=C(Sc1ccccc1)SC1CCCCC1. The van der Waals surface area contributed by atoms with E-state index < -0.39 is 0 Å². The van der Waals surface area contributed by atoms with E-state index in [0.29, 0.717) is 0 Å². The first-order valence-electron chi connectivity index (χ1n) is 5.78. The van der Waals surface area contributed by atoms with Crippen LogP contribution < -0.4 is 0 Å². The third-order valence-electron chi connectivity index (χ3n) is 2.76. The molecule has 1 aromatic rings. The predicted octanol–water partition coefficient (Wildman–Crippen LogP) is 5.13. The van der Waals surface area contributed by atoms with Crippen LogP contribution in [0.2, 0.25) is 0 Å². The normalized spacial score (nSPS) is 17.2. The number of thiocarbonyl (C=S) groups is 1. The molecule has 0 nitrogen and oxygen atoms in total. The second-order valence-corrected chi connectivity index (χ2v) is 7.62. The summed E-state index contributed by atoms with van der Waals surface area (Å²) < 4.78 is 1.08. The summed E-state index contributed by atoms with van der Waals surface area (Å²) in [6.07, 6.45) is 6.88. The molecule has 0 bridgehead atoms. The predicted molar refractivity (Wildman–Crippen MR) is 79.4 cm³/mol. The van der Waals surface area contributed by atoms with E-state index in [1.165, 1.54) is 37.0 Å². The Morgan fingerprint density at radius 2 is 1.75 bits per heavy atom. The number of thioether (sulfide) groups is 2. The number of benzene rings is 1. The highest BCUT2D eigenvalue weighted by Crippen LogP contribution is 2.34. The van der Waals surface area contributed by atoms with Crippen LogP contribution in [0.15, 0.2) is 35.2 Å². The van der Waals surface area contributed by atoms with E-state index in [9.17, 15) is 0 Å². The average Bonchev–Trinajstić information content (AvgIpc) is 2.31. The van der Waals surface area contributed by atoms with Gasteiger partial charge in [-0.2, -0.15) is 0 Å². The zero-order chi connectivity index (χ0) is 11.2. The summed E-state index contributed by atoms with van der Waals surface area (Å²) in [6, 6.07) is 10.4. The minimum absolute atomic E-state index is 0.775. The molecule has 16 heavy (non-hydrogen) atoms. The van der Waals surface area contributed by atoms with E-state index >= 15 is 0 Å². The van der Waals surface area contributed by atoms with E-state index in [1.54, 1.807) is 11.8 Å². The molecular weight excluding hydrogens is 252 g/mol. The Balaban J connectivity index is 1.80. The van der Waals surface area contributed by atoms with Gasteiger partial charge in [0, 0.05) is 10.1 Å². The highest BCUT2D eigenvalue weighted by atomic mass is 32.2. The van der Waals surface area contributed by atoms with Crippen molar-refractivity contribution in [2.45, 2.75) is 42.2 Å². The maximum atomic E-state index is 5.44. The van der Waals surface area contributed by atoms with Crippen LogP contribution in [0.4, 0.5) is 0 Å². The average molecular weight is 268 g/mol. The van der Waals surface area contributed by atoms with E-state index in [4.69, 9.17) is 12.2 Å². The fraction of sp³-hybridized carbons (Fsp3) is 0.462. The second kappa shape index (κ2) is 6.67. The maximum Gasteiger partial charge on any atom is 0.109 e. The van der Waals surface area contributed by atoms with Crippen molar-refractivity contribution < 1.29 is 0 Å². The second-order valence-electron chi connectivity index (χ2n) is 4.04. The Labute approximate surface area is 112 Å². The third-order valence-corrected chi connectivity index (χ3v) is 5.51. The van der Waals surface area contributed by atoms with Crippen molar-refractivity contribution in [3.63, 3.8) is 0 Å². The standard InChI is InChI=1S/C13H16S3/c14-13(15-11-7-3-1-4-8-11)16-12-9-5-2-6-10-12/h1,3-4,7-8,12H,2,5-6,9-10H2. The van der Waals surface area contributed by atoms with E-state index in [2.05, 4.69) is 24.3 Å². The van der Waals surface area contributed by atoms with Crippen LogP contribution in [0.25, 0.3) is 0 Å². The lowest BCUT2D eigenvalue weighted by Gasteiger charge is -2.20. The van der Waals surface area contributed by atoms with Crippen LogP contribution in [-0.2, 0) is 0 Å². The molecule has 0 spiro atoms. The molecule has 86 valence electrons. The summed E-state index contributed by atoms with van der Waals surface area (Å²) in [5.41, 5.74) is 0. The van der Waals surface area contributed by atoms with Gasteiger partial charge in [-0.1, -0.05) is 61.4 Å². The Morgan fingerprint density at radius 3 is 2.44 bits per heavy atom. The van der Waals surface area contributed by atoms with Crippen molar-refractivity contribution in [3.05, 3.63) is 30.3 Å². The Kier molecular flexibility index (Phi) is 5.20. The first kappa shape index (κ1) is 12.5. The number of hydrogen-bond donors (Lipinski definition) is 0. The first-order chi connectivity index (χ1) is 7.84. The molecule has 0 amide bonds. The quantitative estimate of drug-likeness (QED) is 0.539. The van der Waals surface area contributed by atoms with Gasteiger partial charge in [-0.3, -0.25) is 0 Å². The monoisotopic (exact) mass is 268 g/mol. The molecule has 0 unspecified atom stereocenters. The van der Waals surface area contributed by atoms with Gasteiger partial charge in [0.2, 0.25) is 0 Å². The molecule has 1 aromatic carbocycles. The van der Waals surface area contributed by atoms with Gasteiger partial charge in [-0.05, 0) is 25.0 Å². The molecule has 0 aliphatic heterocycles. The summed E-state index contributed by atoms with van der Waals surface area (Å²) in [5, 5.41) is 0.775. The van der Waals surface area contributed by atoms with E-state index in [0.717, 1.165) is 8.78 Å². The topological polar surface area (TPSA) is 0 Å². The number of rotatable bonds is 2. The van der Waals surface area contributed by atoms with E-state index in [-0.39, 0.29) is 0 Å². The zero-order valence-corrected chi connectivity index (χ0v) is 11.7. The fourth-order valence-corrected chi connectivity index (χ4v) is 4.84. The lowest BCUT2D eigenvalue weighted by atomic mass is 10.0. The van der Waals surface area contributed by atoms with Gasteiger partial charge in [-0.25, -0.2) is 0 Å². The smallest absolute Gasteiger partial charge is 0.104 e. The van der Waals surface area contributed by atoms with Crippen LogP contribution in [-0.4, -0.2) is 8.78 Å². The molecule has 0 N–H and O–H groups in total. The fourth-order valence-electron chi connectivity index (χ4n) is 1.93. The van der Waals surface area contributed by atoms with Crippen LogP contribution in [0.3, 0.4) is 0 Å². The molecule has 0 atom stereocenters. The molecule has 0 heterocycles. The van der Waals surface area contributed by atoms with Gasteiger partial charge in [0.15, 0.2) is 0 Å². The molecular formula is C13H16S3. The van der Waals surface area contributed by atoms with Crippen molar-refractivity contribution in [2.24, 2.45) is 0 Å². The minimum Gasteiger partial charge on any atom is -0.104 e. The molecule has 0 saturated heterocycles. The van der Waals surface area contributed by atoms with Crippen molar-refractivity contribution in [2.75, 3.05) is 0 Å². The molecule has 3 heteroatoms. The largest absolute Gasteiger partial charge is 0.109 e. The molecule has 0 radical (unpaired) electrons. The van der Waals surface area contributed by atoms with Gasteiger partial charge in [-0.15, -0.1) is 11.8 Å². The molecule has 1 aliphatic rings. The van der Waals surface area contributed by atoms with Gasteiger partial charge in [0.25, 0.3) is 0 Å². The summed E-state index contributed by atoms with van der Waals surface area (Å²) in [7, 11) is 0. The summed E-state index contributed by atoms with van der Waals surface area (Å²) in [6.45, 7) is 0. The van der Waals surface area contributed by atoms with Crippen molar-refractivity contribution in [1.82, 2.24) is 0 Å². The highest BCUT2D eigenvalue weighted by Gasteiger charge is 2.16. The van der Waals surface area contributed by atoms with Crippen molar-refractivity contribution in [3.8, 4) is 0 Å². The Hall–Kier alpha value is 0.01000. The molecule has 2 rings (SSSR count). The van der Waals surface area contributed by atoms with Gasteiger partial charge in [0.1, 0.15) is 3.53 Å². The Morgan fingerprint density at radius 1 is 1.06 bits per heavy atom. The number of hydrogen-bond acceptors (Lipinski definition) is 3. The molecule has 1 fully saturated rings. The maximum absolute atomic E-state index is 5.44. The van der Waals surface area contributed by atoms with Crippen LogP contribution >= 0.6 is 35.7 Å². The minimum atomic E-state index is 0.775. The van der Waals surface area contributed by atoms with Crippen molar-refractivity contribution in [1.29, 1.82) is 0 Å². The molecule has 1 saturated carbocycles. The van der Waals surface area contributed by atoms with Gasteiger partial charge in [0.05, 0.1) is 0 Å². The van der Waals surface area contributed by atoms with Crippen molar-refractivity contribution >= 4 is 39.3 Å². The summed E-state index contributed by atoms with van der Waals surface area (Å²) in [4.78, 5) is 1.26. The lowest BCUT2D eigenvalue weighted by Crippen LogP contribution is -2.09. The van der Waals surface area contributed by atoms with Crippen LogP contribution in [0.1, 0.15) is 32.1 Å². The lowest BCUT2D eigenvalue weighted by molar-refractivity contribution is 0.517. The van der Waals surface area contributed by atoms with Crippen LogP contribution in [0, 0.1) is 0 Å². The molecule has 0 aromatic heterocycles. The van der Waals surface area contributed by atoms with Crippen LogP contribution in [0.5, 0.6) is 0 Å². The van der Waals surface area contributed by atoms with E-state index in [1.807, 2.05) is 17.8 Å². The summed E-state index contributed by atoms with van der Waals surface area (Å²) >= 11 is 9.08. The first-order valence-corrected chi connectivity index (χ1v) is 7.88. The van der Waals surface area contributed by atoms with Gasteiger partial charge >= 0.3 is 0 Å².